The fourth-order valence-electron chi connectivity index (χ4n) is 5.58. The van der Waals surface area contributed by atoms with Crippen LogP contribution in [0.1, 0.15) is 54.2 Å². The number of carbonyl (C=O) groups is 2. The molecule has 0 saturated heterocycles. The Kier molecular flexibility index (Phi) is 9.84. The second kappa shape index (κ2) is 13.8. The first-order chi connectivity index (χ1) is 21.9. The Balaban J connectivity index is 1.26. The highest BCUT2D eigenvalue weighted by Crippen LogP contribution is 2.37. The zero-order valence-corrected chi connectivity index (χ0v) is 25.0. The van der Waals surface area contributed by atoms with Crippen LogP contribution in [0.25, 0.3) is 16.9 Å². The molecule has 5 rings (SSSR count). The summed E-state index contributed by atoms with van der Waals surface area (Å²) in [6.07, 6.45) is 0.570. The highest BCUT2D eigenvalue weighted by Gasteiger charge is 2.38. The van der Waals surface area contributed by atoms with E-state index in [1.807, 2.05) is 6.92 Å². The highest BCUT2D eigenvalue weighted by atomic mass is 19.4. The molecule has 3 aromatic heterocycles. The van der Waals surface area contributed by atoms with Crippen molar-refractivity contribution in [2.45, 2.75) is 64.2 Å². The Hall–Kier alpha value is -4.60. The maximum atomic E-state index is 13.7. The number of anilines is 2. The number of aryl methyl sites for hydroxylation is 1. The van der Waals surface area contributed by atoms with E-state index >= 15 is 0 Å². The fraction of sp³-hybridized carbons (Fsp3) is 0.433. The van der Waals surface area contributed by atoms with Crippen LogP contribution in [0.3, 0.4) is 0 Å². The first-order valence-electron chi connectivity index (χ1n) is 14.9. The largest absolute Gasteiger partial charge is 0.435 e. The Bertz CT molecular complexity index is 1700. The number of halogens is 5. The van der Waals surface area contributed by atoms with E-state index in [0.717, 1.165) is 24.6 Å². The van der Waals surface area contributed by atoms with Gasteiger partial charge in [0.1, 0.15) is 6.54 Å². The molecule has 16 heteroatoms. The molecule has 246 valence electrons. The Labute approximate surface area is 260 Å². The number of aromatic nitrogens is 5. The molecular formula is C30H34F5N9O2. The van der Waals surface area contributed by atoms with Gasteiger partial charge >= 0.3 is 6.18 Å². The average Bonchev–Trinajstić information content (AvgIpc) is 3.75. The van der Waals surface area contributed by atoms with Crippen LogP contribution >= 0.6 is 0 Å². The topological polar surface area (TPSA) is 144 Å². The summed E-state index contributed by atoms with van der Waals surface area (Å²) in [5, 5.41) is 12.2. The lowest BCUT2D eigenvalue weighted by Gasteiger charge is -2.13. The van der Waals surface area contributed by atoms with Crippen molar-refractivity contribution in [1.82, 2.24) is 34.8 Å². The third-order valence-electron chi connectivity index (χ3n) is 7.84. The minimum atomic E-state index is -4.88. The van der Waals surface area contributed by atoms with Crippen molar-refractivity contribution in [3.8, 4) is 11.3 Å². The summed E-state index contributed by atoms with van der Waals surface area (Å²) >= 11 is 0. The van der Waals surface area contributed by atoms with Gasteiger partial charge in [0, 0.05) is 54.9 Å². The van der Waals surface area contributed by atoms with Gasteiger partial charge in [0.15, 0.2) is 17.2 Å². The van der Waals surface area contributed by atoms with Gasteiger partial charge in [0.2, 0.25) is 5.91 Å². The molecule has 1 fully saturated rings. The zero-order valence-electron chi connectivity index (χ0n) is 25.0. The average molecular weight is 648 g/mol. The van der Waals surface area contributed by atoms with Gasteiger partial charge in [0.25, 0.3) is 12.3 Å². The fourth-order valence-corrected chi connectivity index (χ4v) is 5.58. The summed E-state index contributed by atoms with van der Waals surface area (Å²) in [7, 11) is 0. The monoisotopic (exact) mass is 647 g/mol. The number of hydrogen-bond acceptors (Lipinski definition) is 7. The molecule has 11 nitrogen and oxygen atoms in total. The van der Waals surface area contributed by atoms with Crippen molar-refractivity contribution >= 4 is 29.0 Å². The van der Waals surface area contributed by atoms with Crippen molar-refractivity contribution in [1.29, 1.82) is 0 Å². The summed E-state index contributed by atoms with van der Waals surface area (Å²) in [5.41, 5.74) is 6.15. The Morgan fingerprint density at radius 2 is 1.91 bits per heavy atom. The van der Waals surface area contributed by atoms with E-state index in [9.17, 15) is 31.5 Å². The summed E-state index contributed by atoms with van der Waals surface area (Å²) in [5.74, 6) is -0.0842. The highest BCUT2D eigenvalue weighted by molar-refractivity contribution is 5.96. The second-order valence-electron chi connectivity index (χ2n) is 11.1. The number of nitrogens with one attached hydrogen (secondary N) is 3. The van der Waals surface area contributed by atoms with E-state index in [2.05, 4.69) is 31.0 Å². The number of benzene rings is 1. The number of fused-ring (bicyclic) bond motifs is 1. The standard InChI is InChI=1S/C30H34F5N9O2/c1-2-17-13-20(6-7-21(17)29(46)39-9-3-8-38-28(45)18-4-5-19(36)12-18)41-26-27-40-14-23(44(27)11-10-37-26)22-15-43(16-24(31)32)42-25(22)30(33,34)35/h6-7,10-11,13-15,18-19,24H,2-5,8-9,12,16,36H2,1H3,(H,37,41)(H,38,45)(H,39,46). The lowest BCUT2D eigenvalue weighted by atomic mass is 10.0. The second-order valence-corrected chi connectivity index (χ2v) is 11.1. The number of carbonyl (C=O) groups excluding carboxylic acids is 2. The molecule has 2 atom stereocenters. The van der Waals surface area contributed by atoms with Gasteiger partial charge in [-0.2, -0.15) is 18.3 Å². The summed E-state index contributed by atoms with van der Waals surface area (Å²) in [6.45, 7) is 1.72. The summed E-state index contributed by atoms with van der Waals surface area (Å²) in [6, 6.07) is 5.18. The van der Waals surface area contributed by atoms with E-state index in [0.29, 0.717) is 48.3 Å². The molecule has 1 aromatic carbocycles. The molecule has 0 spiro atoms. The van der Waals surface area contributed by atoms with Gasteiger partial charge in [-0.1, -0.05) is 6.92 Å². The minimum absolute atomic E-state index is 0.000535. The van der Waals surface area contributed by atoms with Crippen molar-refractivity contribution in [2.24, 2.45) is 11.7 Å². The Morgan fingerprint density at radius 1 is 1.13 bits per heavy atom. The SMILES string of the molecule is CCc1cc(Nc2nccn3c(-c4cn(CC(F)F)nc4C(F)(F)F)cnc23)ccc1C(=O)NCCCNC(=O)C1CCC(N)C1. The molecule has 2 amide bonds. The van der Waals surface area contributed by atoms with Crippen LogP contribution in [0.15, 0.2) is 43.0 Å². The van der Waals surface area contributed by atoms with E-state index in [1.54, 1.807) is 18.2 Å². The van der Waals surface area contributed by atoms with Crippen molar-refractivity contribution in [3.63, 3.8) is 0 Å². The molecule has 1 aliphatic rings. The Morgan fingerprint density at radius 3 is 2.61 bits per heavy atom. The van der Waals surface area contributed by atoms with Crippen LogP contribution in [-0.2, 0) is 23.9 Å². The maximum absolute atomic E-state index is 13.7. The van der Waals surface area contributed by atoms with Gasteiger partial charge in [-0.25, -0.2) is 18.7 Å². The van der Waals surface area contributed by atoms with E-state index in [4.69, 9.17) is 5.73 Å². The van der Waals surface area contributed by atoms with Gasteiger partial charge in [0.05, 0.1) is 17.5 Å². The smallest absolute Gasteiger partial charge is 0.356 e. The third-order valence-corrected chi connectivity index (χ3v) is 7.84. The predicted octanol–water partition coefficient (Wildman–Crippen LogP) is 4.55. The first kappa shape index (κ1) is 32.8. The normalized spacial score (nSPS) is 16.7. The van der Waals surface area contributed by atoms with Gasteiger partial charge < -0.3 is 21.7 Å². The van der Waals surface area contributed by atoms with E-state index in [1.165, 1.54) is 23.0 Å². The predicted molar refractivity (Wildman–Crippen MR) is 160 cm³/mol. The van der Waals surface area contributed by atoms with E-state index in [-0.39, 0.29) is 40.9 Å². The number of alkyl halides is 5. The number of nitrogens with two attached hydrogens (primary N) is 1. The maximum Gasteiger partial charge on any atom is 0.435 e. The molecule has 0 aliphatic heterocycles. The molecule has 3 heterocycles. The van der Waals surface area contributed by atoms with Crippen LogP contribution in [0, 0.1) is 5.92 Å². The third kappa shape index (κ3) is 7.43. The lowest BCUT2D eigenvalue weighted by Crippen LogP contribution is -2.33. The molecular weight excluding hydrogens is 613 g/mol. The zero-order chi connectivity index (χ0) is 33.0. The number of hydrogen-bond donors (Lipinski definition) is 4. The first-order valence-corrected chi connectivity index (χ1v) is 14.9. The lowest BCUT2D eigenvalue weighted by molar-refractivity contribution is -0.141. The number of nitrogens with zero attached hydrogens (tertiary/aromatic N) is 5. The molecule has 0 radical (unpaired) electrons. The summed E-state index contributed by atoms with van der Waals surface area (Å²) < 4.78 is 68.9. The van der Waals surface area contributed by atoms with Crippen LogP contribution in [0.5, 0.6) is 0 Å². The van der Waals surface area contributed by atoms with Gasteiger partial charge in [-0.3, -0.25) is 18.7 Å². The number of amides is 2. The molecule has 46 heavy (non-hydrogen) atoms. The molecule has 2 unspecified atom stereocenters. The van der Waals surface area contributed by atoms with Crippen LogP contribution < -0.4 is 21.7 Å². The van der Waals surface area contributed by atoms with Crippen molar-refractivity contribution in [2.75, 3.05) is 18.4 Å². The van der Waals surface area contributed by atoms with Crippen LogP contribution in [0.4, 0.5) is 33.5 Å². The van der Waals surface area contributed by atoms with Crippen molar-refractivity contribution in [3.05, 3.63) is 59.8 Å². The van der Waals surface area contributed by atoms with Gasteiger partial charge in [-0.15, -0.1) is 0 Å². The van der Waals surface area contributed by atoms with Gasteiger partial charge in [-0.05, 0) is 55.9 Å². The summed E-state index contributed by atoms with van der Waals surface area (Å²) in [4.78, 5) is 33.7. The molecule has 1 saturated carbocycles. The van der Waals surface area contributed by atoms with Crippen molar-refractivity contribution < 1.29 is 31.5 Å². The quantitative estimate of drug-likeness (QED) is 0.131. The molecule has 5 N–H and O–H groups in total. The minimum Gasteiger partial charge on any atom is -0.356 e. The molecule has 0 bridgehead atoms. The number of rotatable bonds is 12. The van der Waals surface area contributed by atoms with Crippen LogP contribution in [0.2, 0.25) is 0 Å². The van der Waals surface area contributed by atoms with Crippen LogP contribution in [-0.4, -0.2) is 61.5 Å². The van der Waals surface area contributed by atoms with E-state index < -0.39 is 30.4 Å². The molecule has 1 aliphatic carbocycles. The number of imidazole rings is 1. The molecule has 4 aromatic rings.